The van der Waals surface area contributed by atoms with Crippen molar-refractivity contribution in [3.63, 3.8) is 0 Å². The minimum Gasteiger partial charge on any atom is -0.391 e. The second-order valence-corrected chi connectivity index (χ2v) is 40.2. The summed E-state index contributed by atoms with van der Waals surface area (Å²) in [4.78, 5) is 0. The van der Waals surface area contributed by atoms with Crippen molar-refractivity contribution in [3.05, 3.63) is 0 Å². The summed E-state index contributed by atoms with van der Waals surface area (Å²) in [5.41, 5.74) is 13.9. The monoisotopic (exact) mass is 2880 g/mol. The molecule has 0 amide bonds. The van der Waals surface area contributed by atoms with Crippen LogP contribution in [0.1, 0.15) is 0 Å². The summed E-state index contributed by atoms with van der Waals surface area (Å²) < 4.78 is 10.1. The zero-order valence-electron chi connectivity index (χ0n) is 24.9. The number of hydrogen-bond acceptors (Lipinski definition) is 3. The fourth-order valence-corrected chi connectivity index (χ4v) is 31.5. The molecule has 5 N–H and O–H groups in total. The Bertz CT molecular complexity index is 810. The molecule has 0 aliphatic heterocycles. The SMILES string of the molecule is BB(I)B(I)B(I)B(I)B(N)B(I)B(I)B(I)B(I)B(I)B(I)NB(I)B(I)B(I)B(I)B(I)B(I)B(N)B(I)B(I)B(I)B(B)I.[Na+]. The summed E-state index contributed by atoms with van der Waals surface area (Å²) in [6.07, 6.45) is 0. The molecule has 0 fully saturated rings. The molecule has 0 unspecified atom stereocenters. The molecule has 48 heavy (non-hydrogen) atoms. The Morgan fingerprint density at radius 2 is 0.458 bits per heavy atom. The van der Waals surface area contributed by atoms with E-state index in [-0.39, 0.29) is 42.8 Å². The fraction of sp³-hybridized carbons (Fsp3) is 0. The topological polar surface area (TPSA) is 64.1 Å². The Kier molecular flexibility index (Phi) is 50.4. The molecule has 236 valence electrons. The summed E-state index contributed by atoms with van der Waals surface area (Å²) in [7, 11) is 4.62. The normalized spacial score (nSPS) is 9.96. The number of rotatable bonds is 22. The van der Waals surface area contributed by atoms with Crippen LogP contribution in [-0.2, 0) is 0 Å². The third kappa shape index (κ3) is 23.8. The summed E-state index contributed by atoms with van der Waals surface area (Å²) in [6.45, 7) is 0.337. The van der Waals surface area contributed by atoms with Crippen molar-refractivity contribution in [1.82, 2.24) is 5.14 Å². The van der Waals surface area contributed by atoms with Crippen molar-refractivity contribution in [3.8, 4) is 0 Å². The molecule has 0 atom stereocenters. The van der Waals surface area contributed by atoms with E-state index in [1.807, 2.05) is 0 Å². The van der Waals surface area contributed by atoms with Gasteiger partial charge in [0.15, 0.2) is 91.6 Å². The second-order valence-electron chi connectivity index (χ2n) is 10.6. The molecule has 0 aromatic carbocycles. The molecule has 0 saturated carbocycles. The number of nitrogens with two attached hydrogens (primary N) is 2. The zero-order chi connectivity index (χ0) is 37.4. The maximum absolute atomic E-state index is 6.97. The van der Waals surface area contributed by atoms with E-state index in [0.717, 1.165) is 0 Å². The fourth-order valence-electron chi connectivity index (χ4n) is 3.77. The van der Waals surface area contributed by atoms with Crippen LogP contribution in [0.25, 0.3) is 0 Å². The van der Waals surface area contributed by atoms with E-state index >= 15 is 0 Å². The molecular formula is H9B24I20N3Na+. The van der Waals surface area contributed by atoms with E-state index in [1.165, 1.54) is 0 Å². The van der Waals surface area contributed by atoms with Crippen molar-refractivity contribution in [2.24, 2.45) is 11.3 Å². The molecular weight excluding hydrogens is 2860 g/mol. The third-order valence-electron chi connectivity index (χ3n) is 6.88. The van der Waals surface area contributed by atoms with Crippen LogP contribution >= 0.6 is 447 Å². The van der Waals surface area contributed by atoms with Crippen LogP contribution in [0.15, 0.2) is 0 Å². The van der Waals surface area contributed by atoms with Crippen molar-refractivity contribution in [2.45, 2.75) is 0 Å². The van der Waals surface area contributed by atoms with E-state index in [0.29, 0.717) is 87.5 Å². The average molecular weight is 2870 g/mol. The minimum atomic E-state index is 0. The number of halogens is 20. The van der Waals surface area contributed by atoms with Crippen molar-refractivity contribution >= 4 is 564 Å². The first kappa shape index (κ1) is 67.1. The summed E-state index contributed by atoms with van der Waals surface area (Å²) in [5.74, 6) is 0. The van der Waals surface area contributed by atoms with E-state index < -0.39 is 0 Å². The van der Waals surface area contributed by atoms with Gasteiger partial charge < -0.3 is 16.4 Å². The first-order valence-electron chi connectivity index (χ1n) is 13.4. The van der Waals surface area contributed by atoms with Crippen LogP contribution in [0, 0.1) is 0 Å². The van der Waals surface area contributed by atoms with Gasteiger partial charge in [-0.15, -0.1) is 44.7 Å². The molecule has 48 heteroatoms. The van der Waals surface area contributed by atoms with Gasteiger partial charge in [-0.05, 0) is 0 Å². The molecule has 0 aromatic rings. The molecule has 0 bridgehead atoms. The molecule has 0 rings (SSSR count). The van der Waals surface area contributed by atoms with E-state index in [9.17, 15) is 0 Å². The van der Waals surface area contributed by atoms with Crippen LogP contribution in [0.2, 0.25) is 0 Å². The van der Waals surface area contributed by atoms with Gasteiger partial charge in [0.05, 0.1) is 15.5 Å². The first-order chi connectivity index (χ1) is 21.3. The second kappa shape index (κ2) is 36.0. The summed E-state index contributed by atoms with van der Waals surface area (Å²) >= 11 is 53.2. The Balaban J connectivity index is 0. The molecule has 0 spiro atoms. The van der Waals surface area contributed by atoms with Gasteiger partial charge in [-0.2, -0.15) is 403 Å². The largest absolute Gasteiger partial charge is 1.00 e. The predicted octanol–water partition coefficient (Wildman–Crippen LogP) is 2.83. The van der Waals surface area contributed by atoms with Gasteiger partial charge >= 0.3 is 29.6 Å². The standard InChI is InChI=1S/B24H9I20N3.Na/c1-3(25)5(27)7(29)15(37)21(45)17(39)11(33)9(31)13(35)19(41)23(43)47-24(44)20(42)14(36)10(32)12(34)18(40)22(46)16(38)8(30)6(28)4(2)26;/h47H,1-2,45-46H2;/q;+1. The van der Waals surface area contributed by atoms with Crippen LogP contribution < -0.4 is 46.0 Å². The molecule has 0 saturated heterocycles. The van der Waals surface area contributed by atoms with Gasteiger partial charge in [-0.1, -0.05) is 0 Å². The molecule has 0 radical (unpaired) electrons. The Hall–Kier alpha value is 17.0. The average Bonchev–Trinajstić information content (AvgIpc) is 3.04. The molecule has 0 aliphatic rings. The molecule has 0 aliphatic carbocycles. The van der Waals surface area contributed by atoms with Crippen LogP contribution in [0.5, 0.6) is 0 Å². The maximum atomic E-state index is 6.97. The van der Waals surface area contributed by atoms with Gasteiger partial charge in [-0.25, -0.2) is 0 Å². The first-order valence-corrected chi connectivity index (χ1v) is 38.3. The molecule has 3 nitrogen and oxygen atoms in total. The van der Waals surface area contributed by atoms with E-state index in [1.54, 1.807) is 0 Å². The van der Waals surface area contributed by atoms with E-state index in [2.05, 4.69) is 468 Å². The van der Waals surface area contributed by atoms with Gasteiger partial charge in [0, 0.05) is 0 Å². The third-order valence-corrected chi connectivity index (χ3v) is 58.2. The van der Waals surface area contributed by atoms with Crippen LogP contribution in [0.3, 0.4) is 0 Å². The molecule has 0 heterocycles. The summed E-state index contributed by atoms with van der Waals surface area (Å²) in [6, 6.07) is 0. The van der Waals surface area contributed by atoms with E-state index in [4.69, 9.17) is 11.3 Å². The smallest absolute Gasteiger partial charge is 0.391 e. The number of hydrogen-bond donors (Lipinski definition) is 3. The maximum Gasteiger partial charge on any atom is 1.00 e. The van der Waals surface area contributed by atoms with Crippen molar-refractivity contribution in [2.75, 3.05) is 0 Å². The number of nitrogens with one attached hydrogen (secondary N) is 1. The van der Waals surface area contributed by atoms with Crippen LogP contribution in [-0.4, -0.2) is 116 Å². The zero-order valence-corrected chi connectivity index (χ0v) is 70.1. The van der Waals surface area contributed by atoms with Gasteiger partial charge in [0.1, 0.15) is 0 Å². The Labute approximate surface area is 591 Å². The van der Waals surface area contributed by atoms with Crippen molar-refractivity contribution < 1.29 is 29.6 Å². The van der Waals surface area contributed by atoms with Gasteiger partial charge in [-0.3, -0.25) is 0 Å². The van der Waals surface area contributed by atoms with Crippen molar-refractivity contribution in [1.29, 1.82) is 0 Å². The molecule has 0 aromatic heterocycles. The van der Waals surface area contributed by atoms with Gasteiger partial charge in [0.2, 0.25) is 0 Å². The minimum absolute atomic E-state index is 0. The Morgan fingerprint density at radius 3 is 0.667 bits per heavy atom. The summed E-state index contributed by atoms with van der Waals surface area (Å²) in [5, 5.41) is 4.02. The van der Waals surface area contributed by atoms with Crippen LogP contribution in [0.4, 0.5) is 0 Å². The van der Waals surface area contributed by atoms with Gasteiger partial charge in [0.25, 0.3) is 9.19 Å². The predicted molar refractivity (Wildman–Crippen MR) is 436 cm³/mol. The quantitative estimate of drug-likeness (QED) is 0.116. The Morgan fingerprint density at radius 1 is 0.292 bits per heavy atom.